The molecule has 0 aromatic rings. The predicted molar refractivity (Wildman–Crippen MR) is 139 cm³/mol. The maximum Gasteiger partial charge on any atom is 0.217 e. The summed E-state index contributed by atoms with van der Waals surface area (Å²) in [6.07, 6.45) is 31.4. The average molecular weight is 449 g/mol. The van der Waals surface area contributed by atoms with E-state index in [2.05, 4.69) is 49.0 Å². The fourth-order valence-electron chi connectivity index (χ4n) is 4.80. The van der Waals surface area contributed by atoms with Gasteiger partial charge in [-0.3, -0.25) is 9.28 Å². The Labute approximate surface area is 199 Å². The van der Waals surface area contributed by atoms with Crippen LogP contribution in [0.4, 0.5) is 0 Å². The number of allylic oxidation sites excluding steroid dienone is 2. The Morgan fingerprint density at radius 2 is 1.44 bits per heavy atom. The van der Waals surface area contributed by atoms with Crippen LogP contribution in [0, 0.1) is 0 Å². The summed E-state index contributed by atoms with van der Waals surface area (Å²) in [6.45, 7) is 8.91. The molecule has 0 aromatic heterocycles. The Hall–Kier alpha value is -1.29. The van der Waals surface area contributed by atoms with Gasteiger partial charge in [0.05, 0.1) is 19.3 Å². The molecule has 0 bridgehead atoms. The van der Waals surface area contributed by atoms with Crippen molar-refractivity contribution in [2.75, 3.05) is 19.6 Å². The normalized spacial score (nSPS) is 20.2. The Morgan fingerprint density at radius 3 is 2.00 bits per heavy atom. The van der Waals surface area contributed by atoms with Gasteiger partial charge in [0.15, 0.2) is 6.17 Å². The van der Waals surface area contributed by atoms with Crippen LogP contribution in [0.15, 0.2) is 24.6 Å². The van der Waals surface area contributed by atoms with Crippen LogP contribution >= 0.6 is 0 Å². The molecule has 1 heterocycles. The number of likely N-dealkylation sites (N-methyl/N-ethyl adjacent to an activating group) is 1. The molecule has 1 aliphatic heterocycles. The van der Waals surface area contributed by atoms with Gasteiger partial charge in [-0.1, -0.05) is 89.7 Å². The number of unbranched alkanes of at least 4 members (excludes halogenated alkanes) is 13. The van der Waals surface area contributed by atoms with Crippen LogP contribution in [0.5, 0.6) is 0 Å². The van der Waals surface area contributed by atoms with Gasteiger partial charge in [0, 0.05) is 13.3 Å². The van der Waals surface area contributed by atoms with Crippen LogP contribution in [0.25, 0.3) is 0 Å². The quantitative estimate of drug-likeness (QED) is 0.111. The third kappa shape index (κ3) is 13.3. The van der Waals surface area contributed by atoms with E-state index in [1.165, 1.54) is 103 Å². The first kappa shape index (κ1) is 28.7. The van der Waals surface area contributed by atoms with Gasteiger partial charge >= 0.3 is 0 Å². The highest BCUT2D eigenvalue weighted by Gasteiger charge is 2.36. The number of hydrogen-bond acceptors (Lipinski definition) is 2. The zero-order chi connectivity index (χ0) is 23.3. The number of carbonyl (C=O) groups excluding carboxylic acids is 1. The van der Waals surface area contributed by atoms with Gasteiger partial charge in [0.25, 0.3) is 0 Å². The Kier molecular flexibility index (Phi) is 17.2. The minimum absolute atomic E-state index is 0.0672. The lowest BCUT2D eigenvalue weighted by Crippen LogP contribution is -2.55. The number of rotatable bonds is 21. The lowest BCUT2D eigenvalue weighted by molar-refractivity contribution is -0.898. The first-order valence-electron chi connectivity index (χ1n) is 13.8. The minimum atomic E-state index is 0.0672. The first-order valence-corrected chi connectivity index (χ1v) is 13.8. The molecule has 0 saturated carbocycles. The van der Waals surface area contributed by atoms with Crippen molar-refractivity contribution >= 4 is 5.91 Å². The van der Waals surface area contributed by atoms with Gasteiger partial charge < -0.3 is 10.6 Å². The van der Waals surface area contributed by atoms with E-state index in [1.807, 2.05) is 0 Å². The van der Waals surface area contributed by atoms with Crippen molar-refractivity contribution < 1.29 is 9.28 Å². The summed E-state index contributed by atoms with van der Waals surface area (Å²) in [6, 6.07) is 0. The highest BCUT2D eigenvalue weighted by molar-refractivity contribution is 5.72. The third-order valence-corrected chi connectivity index (χ3v) is 7.01. The summed E-state index contributed by atoms with van der Waals surface area (Å²) in [7, 11) is 0. The summed E-state index contributed by atoms with van der Waals surface area (Å²) in [5.74, 6) is 0.0672. The van der Waals surface area contributed by atoms with Crippen molar-refractivity contribution in [2.24, 2.45) is 0 Å². The highest BCUT2D eigenvalue weighted by atomic mass is 16.1. The standard InChI is InChI=1S/C28H53N3O/c1-4-6-7-8-9-10-11-12-13-14-15-16-17-18-19-20-21-22-28-30-24-26-31(28,5-2)25-23-29-27(3)32/h8-9,24,26,28,30H,4-7,10-23,25H2,1-3H3/p+1/b9-8+. The summed E-state index contributed by atoms with van der Waals surface area (Å²) in [5, 5.41) is 6.53. The van der Waals surface area contributed by atoms with Crippen molar-refractivity contribution in [3.63, 3.8) is 0 Å². The van der Waals surface area contributed by atoms with E-state index in [1.54, 1.807) is 6.92 Å². The molecule has 4 nitrogen and oxygen atoms in total. The predicted octanol–water partition coefficient (Wildman–Crippen LogP) is 7.18. The number of carbonyl (C=O) groups is 1. The second kappa shape index (κ2) is 19.2. The van der Waals surface area contributed by atoms with Crippen LogP contribution in [0.1, 0.15) is 124 Å². The molecule has 0 aliphatic carbocycles. The van der Waals surface area contributed by atoms with E-state index in [9.17, 15) is 4.79 Å². The largest absolute Gasteiger partial charge is 0.351 e. The monoisotopic (exact) mass is 448 g/mol. The lowest BCUT2D eigenvalue weighted by Gasteiger charge is -2.37. The van der Waals surface area contributed by atoms with Crippen molar-refractivity contribution in [1.82, 2.24) is 10.6 Å². The number of nitrogens with zero attached hydrogens (tertiary/aromatic N) is 1. The first-order chi connectivity index (χ1) is 15.6. The number of amides is 1. The average Bonchev–Trinajstić information content (AvgIpc) is 3.18. The summed E-state index contributed by atoms with van der Waals surface area (Å²) in [5.41, 5.74) is 0. The molecular formula is C28H54N3O+. The Morgan fingerprint density at radius 1 is 0.875 bits per heavy atom. The maximum absolute atomic E-state index is 11.2. The summed E-state index contributed by atoms with van der Waals surface area (Å²) in [4.78, 5) is 11.2. The van der Waals surface area contributed by atoms with Crippen LogP contribution < -0.4 is 10.6 Å². The van der Waals surface area contributed by atoms with E-state index in [0.717, 1.165) is 24.1 Å². The zero-order valence-electron chi connectivity index (χ0n) is 21.7. The number of quaternary nitrogens is 1. The molecule has 0 radical (unpaired) electrons. The van der Waals surface area contributed by atoms with Crippen LogP contribution in [0.3, 0.4) is 0 Å². The van der Waals surface area contributed by atoms with Gasteiger partial charge in [-0.05, 0) is 32.6 Å². The van der Waals surface area contributed by atoms with Gasteiger partial charge in [-0.15, -0.1) is 0 Å². The molecule has 1 rings (SSSR count). The Bertz CT molecular complexity index is 517. The molecule has 4 heteroatoms. The molecular weight excluding hydrogens is 394 g/mol. The summed E-state index contributed by atoms with van der Waals surface area (Å²) < 4.78 is 0.954. The Balaban J connectivity index is 1.94. The van der Waals surface area contributed by atoms with Crippen LogP contribution in [-0.4, -0.2) is 36.2 Å². The molecule has 1 aliphatic rings. The van der Waals surface area contributed by atoms with Crippen molar-refractivity contribution in [3.8, 4) is 0 Å². The second-order valence-electron chi connectivity index (χ2n) is 9.70. The van der Waals surface area contributed by atoms with E-state index in [-0.39, 0.29) is 5.91 Å². The molecule has 0 fully saturated rings. The van der Waals surface area contributed by atoms with Crippen molar-refractivity contribution in [1.29, 1.82) is 0 Å². The van der Waals surface area contributed by atoms with E-state index in [4.69, 9.17) is 0 Å². The second-order valence-corrected chi connectivity index (χ2v) is 9.70. The van der Waals surface area contributed by atoms with Crippen molar-refractivity contribution in [2.45, 2.75) is 130 Å². The highest BCUT2D eigenvalue weighted by Crippen LogP contribution is 2.23. The molecule has 0 spiro atoms. The SMILES string of the molecule is CCCC/C=C/CCCCCCCCCCCCCC1NC=C[N+]1(CC)CCNC(C)=O. The maximum atomic E-state index is 11.2. The topological polar surface area (TPSA) is 41.1 Å². The van der Waals surface area contributed by atoms with E-state index in [0.29, 0.717) is 6.17 Å². The van der Waals surface area contributed by atoms with Gasteiger partial charge in [-0.25, -0.2) is 0 Å². The molecule has 32 heavy (non-hydrogen) atoms. The summed E-state index contributed by atoms with van der Waals surface area (Å²) >= 11 is 0. The van der Waals surface area contributed by atoms with E-state index < -0.39 is 0 Å². The molecule has 2 N–H and O–H groups in total. The fourth-order valence-corrected chi connectivity index (χ4v) is 4.80. The van der Waals surface area contributed by atoms with Gasteiger partial charge in [0.1, 0.15) is 12.7 Å². The fraction of sp³-hybridized carbons (Fsp3) is 0.821. The molecule has 186 valence electrons. The van der Waals surface area contributed by atoms with Gasteiger partial charge in [0.2, 0.25) is 5.91 Å². The van der Waals surface area contributed by atoms with Crippen LogP contribution in [-0.2, 0) is 4.79 Å². The zero-order valence-corrected chi connectivity index (χ0v) is 21.7. The third-order valence-electron chi connectivity index (χ3n) is 7.01. The number of nitrogens with one attached hydrogen (secondary N) is 2. The smallest absolute Gasteiger partial charge is 0.217 e. The molecule has 0 saturated heterocycles. The molecule has 0 aromatic carbocycles. The van der Waals surface area contributed by atoms with Crippen molar-refractivity contribution in [3.05, 3.63) is 24.6 Å². The van der Waals surface area contributed by atoms with E-state index >= 15 is 0 Å². The molecule has 1 amide bonds. The van der Waals surface area contributed by atoms with Gasteiger partial charge in [-0.2, -0.15) is 0 Å². The van der Waals surface area contributed by atoms with Crippen LogP contribution in [0.2, 0.25) is 0 Å². The minimum Gasteiger partial charge on any atom is -0.351 e. The lowest BCUT2D eigenvalue weighted by atomic mass is 10.0. The number of hydrogen-bond donors (Lipinski definition) is 2. The molecule has 2 unspecified atom stereocenters. The molecule has 2 atom stereocenters.